The first-order valence-electron chi connectivity index (χ1n) is 6.13. The van der Waals surface area contributed by atoms with Gasteiger partial charge in [-0.2, -0.15) is 0 Å². The average molecular weight is 248 g/mol. The van der Waals surface area contributed by atoms with Crippen molar-refractivity contribution in [2.24, 2.45) is 0 Å². The Kier molecular flexibility index (Phi) is 6.15. The topological polar surface area (TPSA) is 35.5 Å². The quantitative estimate of drug-likeness (QED) is 0.403. The van der Waals surface area contributed by atoms with E-state index in [2.05, 4.69) is 6.58 Å². The molecule has 0 atom stereocenters. The molecular formula is C15H20O3. The van der Waals surface area contributed by atoms with Gasteiger partial charge in [0.15, 0.2) is 6.29 Å². The van der Waals surface area contributed by atoms with Gasteiger partial charge >= 0.3 is 0 Å². The fourth-order valence-electron chi connectivity index (χ4n) is 1.80. The van der Waals surface area contributed by atoms with Crippen LogP contribution in [0.4, 0.5) is 0 Å². The Hall–Kier alpha value is -1.61. The van der Waals surface area contributed by atoms with Crippen LogP contribution >= 0.6 is 0 Å². The highest BCUT2D eigenvalue weighted by atomic mass is 16.5. The third-order valence-corrected chi connectivity index (χ3v) is 2.51. The van der Waals surface area contributed by atoms with E-state index >= 15 is 0 Å². The molecule has 0 radical (unpaired) electrons. The highest BCUT2D eigenvalue weighted by Crippen LogP contribution is 2.25. The second-order valence-corrected chi connectivity index (χ2v) is 4.00. The van der Waals surface area contributed by atoms with Gasteiger partial charge in [0.05, 0.1) is 12.2 Å². The van der Waals surface area contributed by atoms with E-state index in [4.69, 9.17) is 9.47 Å². The Bertz CT molecular complexity index is 410. The molecule has 98 valence electrons. The maximum atomic E-state index is 11.1. The summed E-state index contributed by atoms with van der Waals surface area (Å²) in [7, 11) is 0. The molecule has 0 aromatic heterocycles. The summed E-state index contributed by atoms with van der Waals surface area (Å²) < 4.78 is 10.9. The minimum atomic E-state index is 0.446. The highest BCUT2D eigenvalue weighted by molar-refractivity contribution is 5.80. The molecule has 0 aliphatic rings. The molecule has 0 saturated heterocycles. The number of hydrogen-bond donors (Lipinski definition) is 0. The summed E-state index contributed by atoms with van der Waals surface area (Å²) in [6.45, 7) is 9.26. The maximum absolute atomic E-state index is 11.1. The number of hydrogen-bond acceptors (Lipinski definition) is 3. The summed E-state index contributed by atoms with van der Waals surface area (Å²) in [6.07, 6.45) is 3.32. The van der Waals surface area contributed by atoms with E-state index in [9.17, 15) is 4.79 Å². The molecule has 1 aromatic rings. The van der Waals surface area contributed by atoms with Gasteiger partial charge in [0.2, 0.25) is 0 Å². The first-order valence-corrected chi connectivity index (χ1v) is 6.13. The zero-order valence-electron chi connectivity index (χ0n) is 11.1. The lowest BCUT2D eigenvalue weighted by Crippen LogP contribution is -2.09. The van der Waals surface area contributed by atoms with Gasteiger partial charge in [0.1, 0.15) is 12.4 Å². The van der Waals surface area contributed by atoms with Gasteiger partial charge in [-0.05, 0) is 37.5 Å². The van der Waals surface area contributed by atoms with Crippen molar-refractivity contribution >= 4 is 6.29 Å². The number of carbonyl (C=O) groups excluding carboxylic acids is 1. The van der Waals surface area contributed by atoms with E-state index in [0.29, 0.717) is 37.6 Å². The molecule has 0 amide bonds. The first-order chi connectivity index (χ1) is 8.72. The largest absolute Gasteiger partial charge is 0.490 e. The maximum Gasteiger partial charge on any atom is 0.153 e. The molecule has 0 unspecified atom stereocenters. The molecule has 18 heavy (non-hydrogen) atoms. The van der Waals surface area contributed by atoms with Gasteiger partial charge in [0, 0.05) is 6.61 Å². The highest BCUT2D eigenvalue weighted by Gasteiger charge is 2.10. The predicted octanol–water partition coefficient (Wildman–Crippen LogP) is 2.95. The fraction of sp³-hybridized carbons (Fsp3) is 0.400. The average Bonchev–Trinajstić information content (AvgIpc) is 2.36. The number of aldehydes is 1. The lowest BCUT2D eigenvalue weighted by Gasteiger charge is -2.14. The minimum Gasteiger partial charge on any atom is -0.490 e. The molecule has 1 rings (SSSR count). The summed E-state index contributed by atoms with van der Waals surface area (Å²) in [5.41, 5.74) is 2.62. The van der Waals surface area contributed by atoms with Gasteiger partial charge in [-0.1, -0.05) is 12.1 Å². The van der Waals surface area contributed by atoms with Crippen molar-refractivity contribution in [3.8, 4) is 5.75 Å². The normalized spacial score (nSPS) is 10.1. The molecule has 3 nitrogen and oxygen atoms in total. The van der Waals surface area contributed by atoms with Crippen LogP contribution in [0.25, 0.3) is 0 Å². The number of aryl methyl sites for hydroxylation is 1. The molecule has 0 aliphatic carbocycles. The Balaban J connectivity index is 2.90. The van der Waals surface area contributed by atoms with Crippen LogP contribution in [-0.2, 0) is 11.2 Å². The number of benzene rings is 1. The van der Waals surface area contributed by atoms with Gasteiger partial charge < -0.3 is 9.47 Å². The van der Waals surface area contributed by atoms with Gasteiger partial charge in [-0.15, -0.1) is 6.58 Å². The van der Waals surface area contributed by atoms with Crippen LogP contribution in [0, 0.1) is 6.92 Å². The molecular weight excluding hydrogens is 228 g/mol. The van der Waals surface area contributed by atoms with Crippen LogP contribution in [0.5, 0.6) is 5.75 Å². The smallest absolute Gasteiger partial charge is 0.153 e. The number of ether oxygens (including phenoxy) is 2. The van der Waals surface area contributed by atoms with Gasteiger partial charge in [-0.3, -0.25) is 4.79 Å². The number of carbonyl (C=O) groups is 1. The van der Waals surface area contributed by atoms with Crippen molar-refractivity contribution in [2.75, 3.05) is 19.8 Å². The Labute approximate surface area is 108 Å². The molecule has 0 bridgehead atoms. The third kappa shape index (κ3) is 4.00. The summed E-state index contributed by atoms with van der Waals surface area (Å²) in [5, 5.41) is 0. The predicted molar refractivity (Wildman–Crippen MR) is 72.5 cm³/mol. The van der Waals surface area contributed by atoms with Crippen molar-refractivity contribution in [1.82, 2.24) is 0 Å². The Morgan fingerprint density at radius 2 is 2.11 bits per heavy atom. The molecule has 3 heteroatoms. The van der Waals surface area contributed by atoms with Crippen molar-refractivity contribution in [1.29, 1.82) is 0 Å². The van der Waals surface area contributed by atoms with Crippen molar-refractivity contribution in [3.05, 3.63) is 41.5 Å². The molecule has 0 heterocycles. The van der Waals surface area contributed by atoms with Crippen molar-refractivity contribution in [2.45, 2.75) is 20.3 Å². The zero-order chi connectivity index (χ0) is 13.4. The van der Waals surface area contributed by atoms with E-state index in [1.54, 1.807) is 6.08 Å². The van der Waals surface area contributed by atoms with Crippen molar-refractivity contribution in [3.63, 3.8) is 0 Å². The lowest BCUT2D eigenvalue weighted by molar-refractivity contribution is 0.106. The van der Waals surface area contributed by atoms with Crippen LogP contribution in [-0.4, -0.2) is 26.1 Å². The standard InChI is InChI=1S/C15H20O3/c1-4-6-13-9-12(3)10-14(11-16)15(13)18-8-7-17-5-2/h4,9-11H,1,5-8H2,2-3H3. The van der Waals surface area contributed by atoms with Crippen LogP contribution in [0.2, 0.25) is 0 Å². The summed E-state index contributed by atoms with van der Waals surface area (Å²) in [5.74, 6) is 0.648. The van der Waals surface area contributed by atoms with Crippen LogP contribution in [0.3, 0.4) is 0 Å². The second kappa shape index (κ2) is 7.67. The van der Waals surface area contributed by atoms with Crippen LogP contribution in [0.1, 0.15) is 28.4 Å². The first kappa shape index (κ1) is 14.5. The Morgan fingerprint density at radius 1 is 1.33 bits per heavy atom. The Morgan fingerprint density at radius 3 is 2.72 bits per heavy atom. The van der Waals surface area contributed by atoms with E-state index in [1.807, 2.05) is 26.0 Å². The minimum absolute atomic E-state index is 0.446. The van der Waals surface area contributed by atoms with Gasteiger partial charge in [0.25, 0.3) is 0 Å². The SMILES string of the molecule is C=CCc1cc(C)cc(C=O)c1OCCOCC. The molecule has 0 spiro atoms. The summed E-state index contributed by atoms with van der Waals surface area (Å²) in [6, 6.07) is 3.85. The van der Waals surface area contributed by atoms with E-state index in [-0.39, 0.29) is 0 Å². The van der Waals surface area contributed by atoms with Crippen LogP contribution < -0.4 is 4.74 Å². The molecule has 0 fully saturated rings. The lowest BCUT2D eigenvalue weighted by atomic mass is 10.0. The number of allylic oxidation sites excluding steroid dienone is 1. The van der Waals surface area contributed by atoms with Crippen LogP contribution in [0.15, 0.2) is 24.8 Å². The molecule has 0 saturated carbocycles. The number of rotatable bonds is 8. The third-order valence-electron chi connectivity index (χ3n) is 2.51. The second-order valence-electron chi connectivity index (χ2n) is 4.00. The molecule has 0 aliphatic heterocycles. The van der Waals surface area contributed by atoms with E-state index in [1.165, 1.54) is 0 Å². The van der Waals surface area contributed by atoms with Crippen molar-refractivity contribution < 1.29 is 14.3 Å². The fourth-order valence-corrected chi connectivity index (χ4v) is 1.80. The zero-order valence-corrected chi connectivity index (χ0v) is 11.1. The van der Waals surface area contributed by atoms with E-state index in [0.717, 1.165) is 17.4 Å². The molecule has 1 aromatic carbocycles. The van der Waals surface area contributed by atoms with E-state index < -0.39 is 0 Å². The summed E-state index contributed by atoms with van der Waals surface area (Å²) in [4.78, 5) is 11.1. The summed E-state index contributed by atoms with van der Waals surface area (Å²) >= 11 is 0. The monoisotopic (exact) mass is 248 g/mol. The van der Waals surface area contributed by atoms with Gasteiger partial charge in [-0.25, -0.2) is 0 Å². The molecule has 0 N–H and O–H groups in total.